The van der Waals surface area contributed by atoms with E-state index < -0.39 is 23.9 Å². The smallest absolute Gasteiger partial charge is 0.322 e. The number of carbonyl (C=O) groups is 3. The van der Waals surface area contributed by atoms with Crippen LogP contribution in [0, 0.1) is 0 Å². The van der Waals surface area contributed by atoms with Crippen LogP contribution in [0.15, 0.2) is 34.5 Å². The van der Waals surface area contributed by atoms with Gasteiger partial charge >= 0.3 is 6.03 Å². The molecule has 1 saturated heterocycles. The van der Waals surface area contributed by atoms with Gasteiger partial charge in [0.15, 0.2) is 5.17 Å². The van der Waals surface area contributed by atoms with Crippen molar-refractivity contribution in [1.82, 2.24) is 16.0 Å². The zero-order valence-corrected chi connectivity index (χ0v) is 13.8. The number of nitrogens with one attached hydrogen (secondary N) is 3. The van der Waals surface area contributed by atoms with Crippen LogP contribution in [0.1, 0.15) is 12.0 Å². The molecule has 3 rings (SSSR count). The van der Waals surface area contributed by atoms with E-state index in [-0.39, 0.29) is 6.42 Å². The molecule has 8 nitrogen and oxygen atoms in total. The van der Waals surface area contributed by atoms with Gasteiger partial charge < -0.3 is 10.6 Å². The zero-order chi connectivity index (χ0) is 17.1. The minimum Gasteiger partial charge on any atom is -0.325 e. The van der Waals surface area contributed by atoms with Crippen LogP contribution in [0.2, 0.25) is 5.02 Å². The highest BCUT2D eigenvalue weighted by Crippen LogP contribution is 2.17. The molecule has 1 unspecified atom stereocenters. The molecule has 24 heavy (non-hydrogen) atoms. The molecule has 0 aliphatic carbocycles. The maximum Gasteiger partial charge on any atom is 0.322 e. The summed E-state index contributed by atoms with van der Waals surface area (Å²) in [5, 5.41) is 16.1. The van der Waals surface area contributed by atoms with E-state index in [0.717, 1.165) is 11.3 Å². The van der Waals surface area contributed by atoms with Gasteiger partial charge in [-0.2, -0.15) is 5.10 Å². The number of amidine groups is 1. The standard InChI is InChI=1S/C14H12ClN5O3S/c15-8-3-1-7(2-4-8)10-6-24-14(20-19-10)17-11(21)5-9-12(22)18-13(23)16-9/h1-4,9H,5-6H2,(H,17,20,21)(H2,16,18,22,23). The van der Waals surface area contributed by atoms with Gasteiger partial charge in [-0.15, -0.1) is 5.10 Å². The highest BCUT2D eigenvalue weighted by Gasteiger charge is 2.31. The number of halogens is 1. The topological polar surface area (TPSA) is 112 Å². The SMILES string of the molecule is O=C(CC1NC(=O)NC1=O)NC1=NN=C(c2ccc(Cl)cc2)CS1. The maximum atomic E-state index is 11.9. The largest absolute Gasteiger partial charge is 0.325 e. The van der Waals surface area contributed by atoms with Gasteiger partial charge in [-0.3, -0.25) is 14.9 Å². The van der Waals surface area contributed by atoms with Gasteiger partial charge in [0.2, 0.25) is 5.91 Å². The van der Waals surface area contributed by atoms with Gasteiger partial charge in [0.05, 0.1) is 12.1 Å². The van der Waals surface area contributed by atoms with E-state index in [2.05, 4.69) is 26.2 Å². The van der Waals surface area contributed by atoms with E-state index in [0.29, 0.717) is 15.9 Å². The Morgan fingerprint density at radius 3 is 2.62 bits per heavy atom. The first-order chi connectivity index (χ1) is 11.5. The van der Waals surface area contributed by atoms with Gasteiger partial charge in [0.25, 0.3) is 5.91 Å². The van der Waals surface area contributed by atoms with Crippen LogP contribution in [0.4, 0.5) is 4.79 Å². The lowest BCUT2D eigenvalue weighted by atomic mass is 10.1. The van der Waals surface area contributed by atoms with Crippen molar-refractivity contribution in [3.05, 3.63) is 34.9 Å². The normalized spacial score (nSPS) is 20.0. The summed E-state index contributed by atoms with van der Waals surface area (Å²) in [6.07, 6.45) is -0.162. The predicted octanol–water partition coefficient (Wildman–Crippen LogP) is 0.861. The Morgan fingerprint density at radius 1 is 1.29 bits per heavy atom. The number of rotatable bonds is 3. The van der Waals surface area contributed by atoms with E-state index in [1.807, 2.05) is 12.1 Å². The highest BCUT2D eigenvalue weighted by atomic mass is 35.5. The zero-order valence-electron chi connectivity index (χ0n) is 12.2. The summed E-state index contributed by atoms with van der Waals surface area (Å²) in [7, 11) is 0. The lowest BCUT2D eigenvalue weighted by Gasteiger charge is -2.13. The number of thioether (sulfide) groups is 1. The summed E-state index contributed by atoms with van der Waals surface area (Å²) in [5.41, 5.74) is 1.68. The fourth-order valence-corrected chi connectivity index (χ4v) is 3.01. The van der Waals surface area contributed by atoms with Crippen LogP contribution >= 0.6 is 23.4 Å². The Morgan fingerprint density at radius 2 is 2.04 bits per heavy atom. The summed E-state index contributed by atoms with van der Waals surface area (Å²) >= 11 is 7.17. The highest BCUT2D eigenvalue weighted by molar-refractivity contribution is 8.14. The maximum absolute atomic E-state index is 11.9. The molecular weight excluding hydrogens is 354 g/mol. The number of amides is 4. The Balaban J connectivity index is 1.58. The number of nitrogens with zero attached hydrogens (tertiary/aromatic N) is 2. The van der Waals surface area contributed by atoms with Crippen molar-refractivity contribution in [1.29, 1.82) is 0 Å². The molecule has 0 bridgehead atoms. The molecule has 1 fully saturated rings. The van der Waals surface area contributed by atoms with Gasteiger partial charge in [0, 0.05) is 10.8 Å². The Hall–Kier alpha value is -2.39. The van der Waals surface area contributed by atoms with Crippen molar-refractivity contribution in [3.63, 3.8) is 0 Å². The Labute approximate surface area is 146 Å². The van der Waals surface area contributed by atoms with E-state index in [1.165, 1.54) is 11.8 Å². The predicted molar refractivity (Wildman–Crippen MR) is 91.1 cm³/mol. The second kappa shape index (κ2) is 7.02. The average molecular weight is 366 g/mol. The molecule has 124 valence electrons. The third kappa shape index (κ3) is 3.92. The third-order valence-electron chi connectivity index (χ3n) is 3.28. The second-order valence-electron chi connectivity index (χ2n) is 5.02. The quantitative estimate of drug-likeness (QED) is 0.689. The number of urea groups is 1. The van der Waals surface area contributed by atoms with Crippen LogP contribution in [0.3, 0.4) is 0 Å². The molecule has 4 amide bonds. The van der Waals surface area contributed by atoms with Crippen molar-refractivity contribution in [2.45, 2.75) is 12.5 Å². The average Bonchev–Trinajstić information content (AvgIpc) is 2.86. The number of carbonyl (C=O) groups excluding carboxylic acids is 3. The number of imide groups is 1. The Bertz CT molecular complexity index is 762. The molecule has 0 aromatic heterocycles. The second-order valence-corrected chi connectivity index (χ2v) is 6.42. The van der Waals surface area contributed by atoms with E-state index >= 15 is 0 Å². The number of hydrogen-bond acceptors (Lipinski definition) is 6. The Kier molecular flexibility index (Phi) is 4.81. The van der Waals surface area contributed by atoms with E-state index in [4.69, 9.17) is 11.6 Å². The van der Waals surface area contributed by atoms with Crippen molar-refractivity contribution < 1.29 is 14.4 Å². The minimum absolute atomic E-state index is 0.162. The van der Waals surface area contributed by atoms with Crippen LogP contribution < -0.4 is 16.0 Å². The third-order valence-corrected chi connectivity index (χ3v) is 4.41. The number of benzene rings is 1. The first-order valence-corrected chi connectivity index (χ1v) is 8.32. The van der Waals surface area contributed by atoms with Crippen molar-refractivity contribution in [2.75, 3.05) is 5.75 Å². The molecule has 2 aliphatic rings. The molecule has 3 N–H and O–H groups in total. The van der Waals surface area contributed by atoms with Gasteiger partial charge in [0.1, 0.15) is 6.04 Å². The lowest BCUT2D eigenvalue weighted by Crippen LogP contribution is -2.38. The molecule has 2 aliphatic heterocycles. The van der Waals surface area contributed by atoms with E-state index in [9.17, 15) is 14.4 Å². The molecule has 1 aromatic carbocycles. The fourth-order valence-electron chi connectivity index (χ4n) is 2.10. The molecule has 0 spiro atoms. The molecular formula is C14H12ClN5O3S. The van der Waals surface area contributed by atoms with Gasteiger partial charge in [-0.05, 0) is 17.7 Å². The molecule has 10 heteroatoms. The molecule has 0 radical (unpaired) electrons. The van der Waals surface area contributed by atoms with Crippen molar-refractivity contribution >= 4 is 52.1 Å². The first kappa shape index (κ1) is 16.5. The van der Waals surface area contributed by atoms with Crippen LogP contribution in [0.5, 0.6) is 0 Å². The van der Waals surface area contributed by atoms with Crippen LogP contribution in [-0.2, 0) is 9.59 Å². The summed E-state index contributed by atoms with van der Waals surface area (Å²) in [6.45, 7) is 0. The van der Waals surface area contributed by atoms with Crippen molar-refractivity contribution in [2.24, 2.45) is 10.2 Å². The molecule has 0 saturated carbocycles. The van der Waals surface area contributed by atoms with Gasteiger partial charge in [-0.1, -0.05) is 35.5 Å². The fraction of sp³-hybridized carbons (Fsp3) is 0.214. The summed E-state index contributed by atoms with van der Waals surface area (Å²) in [5.74, 6) is -0.397. The van der Waals surface area contributed by atoms with Crippen molar-refractivity contribution in [3.8, 4) is 0 Å². The van der Waals surface area contributed by atoms with Crippen LogP contribution in [-0.4, -0.2) is 40.5 Å². The minimum atomic E-state index is -0.861. The van der Waals surface area contributed by atoms with E-state index in [1.54, 1.807) is 12.1 Å². The summed E-state index contributed by atoms with van der Waals surface area (Å²) in [4.78, 5) is 34.3. The lowest BCUT2D eigenvalue weighted by molar-refractivity contribution is -0.125. The summed E-state index contributed by atoms with van der Waals surface area (Å²) < 4.78 is 0. The molecule has 2 heterocycles. The van der Waals surface area contributed by atoms with Crippen LogP contribution in [0.25, 0.3) is 0 Å². The molecule has 1 aromatic rings. The number of hydrogen-bond donors (Lipinski definition) is 3. The monoisotopic (exact) mass is 365 g/mol. The summed E-state index contributed by atoms with van der Waals surface area (Å²) in [6, 6.07) is 5.78. The molecule has 1 atom stereocenters. The van der Waals surface area contributed by atoms with Gasteiger partial charge in [-0.25, -0.2) is 4.79 Å². The first-order valence-electron chi connectivity index (χ1n) is 6.96.